The predicted octanol–water partition coefficient (Wildman–Crippen LogP) is 10.4. The maximum absolute atomic E-state index is 14.2. The summed E-state index contributed by atoms with van der Waals surface area (Å²) in [5.41, 5.74) is 5.34. The van der Waals surface area contributed by atoms with E-state index in [2.05, 4.69) is 0 Å². The minimum atomic E-state index is -4.30. The maximum atomic E-state index is 14.2. The normalized spacial score (nSPS) is 11.9. The van der Waals surface area contributed by atoms with Gasteiger partial charge in [-0.05, 0) is 0 Å². The summed E-state index contributed by atoms with van der Waals surface area (Å²) in [6.45, 7) is 0. The molecule has 0 aliphatic heterocycles. The Balaban J connectivity index is 1.57. The van der Waals surface area contributed by atoms with Gasteiger partial charge < -0.3 is 0 Å². The quantitative estimate of drug-likeness (QED) is 0.0782. The molecule has 0 saturated heterocycles. The molecule has 0 N–H and O–H groups in total. The van der Waals surface area contributed by atoms with Gasteiger partial charge in [-0.25, -0.2) is 0 Å². The number of halogens is 6. The van der Waals surface area contributed by atoms with Gasteiger partial charge in [0.1, 0.15) is 0 Å². The van der Waals surface area contributed by atoms with Crippen molar-refractivity contribution in [2.75, 3.05) is 0 Å². The van der Waals surface area contributed by atoms with Crippen LogP contribution >= 0.6 is 0 Å². The van der Waals surface area contributed by atoms with Crippen molar-refractivity contribution in [3.05, 3.63) is 214 Å². The third-order valence-electron chi connectivity index (χ3n) is 9.07. The molecule has 9 heteroatoms. The van der Waals surface area contributed by atoms with Crippen LogP contribution in [0.25, 0.3) is 0 Å². The molecule has 0 amide bonds. The summed E-state index contributed by atoms with van der Waals surface area (Å²) < 4.78 is 96.6. The molecule has 0 radical (unpaired) electrons. The van der Waals surface area contributed by atoms with Crippen molar-refractivity contribution < 1.29 is 27.8 Å². The number of rotatable bonds is 14. The van der Waals surface area contributed by atoms with Crippen LogP contribution in [0.5, 0.6) is 0 Å². The van der Waals surface area contributed by atoms with Gasteiger partial charge in [-0.2, -0.15) is 0 Å². The standard InChI is InChI=1S/6C7H6F.O.2Sn/c6*1-6-2-4-7(8)5-3-6;;;/h6*2-5H,1H2;;;. The Morgan fingerprint density at radius 1 is 0.255 bits per heavy atom. The van der Waals surface area contributed by atoms with Crippen LogP contribution in [0.3, 0.4) is 0 Å². The van der Waals surface area contributed by atoms with E-state index in [1.165, 1.54) is 72.8 Å². The van der Waals surface area contributed by atoms with Gasteiger partial charge in [0.05, 0.1) is 0 Å². The van der Waals surface area contributed by atoms with E-state index in [-0.39, 0.29) is 34.9 Å². The van der Waals surface area contributed by atoms with Crippen LogP contribution in [0.2, 0.25) is 0 Å². The van der Waals surface area contributed by atoms with Gasteiger partial charge in [-0.3, -0.25) is 0 Å². The Labute approximate surface area is 303 Å². The van der Waals surface area contributed by atoms with E-state index in [4.69, 9.17) is 1.41 Å². The Hall–Kier alpha value is -3.54. The van der Waals surface area contributed by atoms with E-state index in [9.17, 15) is 26.3 Å². The fourth-order valence-corrected chi connectivity index (χ4v) is 55.5. The number of benzene rings is 6. The zero-order valence-corrected chi connectivity index (χ0v) is 33.5. The molecule has 0 aliphatic rings. The molecule has 1 nitrogen and oxygen atoms in total. The van der Waals surface area contributed by atoms with Crippen LogP contribution in [0.1, 0.15) is 33.4 Å². The fourth-order valence-electron chi connectivity index (χ4n) is 6.90. The fraction of sp³-hybridized carbons (Fsp3) is 0.143. The van der Waals surface area contributed by atoms with E-state index in [1.807, 2.05) is 0 Å². The van der Waals surface area contributed by atoms with Crippen molar-refractivity contribution in [1.82, 2.24) is 0 Å². The molecule has 6 rings (SSSR count). The molecule has 260 valence electrons. The van der Waals surface area contributed by atoms with E-state index in [0.29, 0.717) is 26.6 Å². The molecular formula is C42H36F6OSn2. The zero-order valence-electron chi connectivity index (χ0n) is 27.8. The second-order valence-electron chi connectivity index (χ2n) is 13.3. The molecule has 0 heterocycles. The first-order chi connectivity index (χ1) is 24.5. The molecule has 51 heavy (non-hydrogen) atoms. The molecule has 6 aromatic rings. The first kappa shape index (κ1) is 37.2. The average Bonchev–Trinajstić information content (AvgIpc) is 3.11. The van der Waals surface area contributed by atoms with Crippen molar-refractivity contribution in [2.24, 2.45) is 0 Å². The second-order valence-corrected chi connectivity index (χ2v) is 37.3. The van der Waals surface area contributed by atoms with Gasteiger partial charge in [-0.15, -0.1) is 0 Å². The molecule has 0 saturated carbocycles. The van der Waals surface area contributed by atoms with Crippen LogP contribution in [-0.4, -0.2) is 37.6 Å². The first-order valence-electron chi connectivity index (χ1n) is 16.7. The summed E-state index contributed by atoms with van der Waals surface area (Å²) in [5, 5.41) is 0. The minimum absolute atomic E-state index is 0.366. The van der Waals surface area contributed by atoms with Crippen LogP contribution in [0, 0.1) is 34.9 Å². The summed E-state index contributed by atoms with van der Waals surface area (Å²) in [5.74, 6) is -2.19. The van der Waals surface area contributed by atoms with Gasteiger partial charge >= 0.3 is 306 Å². The molecule has 0 bridgehead atoms. The van der Waals surface area contributed by atoms with E-state index in [0.717, 1.165) is 33.4 Å². The first-order valence-corrected chi connectivity index (χ1v) is 31.2. The van der Waals surface area contributed by atoms with Crippen LogP contribution in [-0.2, 0) is 28.0 Å². The van der Waals surface area contributed by atoms with E-state index in [1.54, 1.807) is 72.8 Å². The summed E-state index contributed by atoms with van der Waals surface area (Å²) in [6.07, 6.45) is 0. The van der Waals surface area contributed by atoms with Gasteiger partial charge in [-0.1, -0.05) is 0 Å². The molecule has 0 aromatic heterocycles. The van der Waals surface area contributed by atoms with Crippen molar-refractivity contribution in [3.8, 4) is 0 Å². The van der Waals surface area contributed by atoms with Crippen molar-refractivity contribution in [2.45, 2.75) is 26.6 Å². The van der Waals surface area contributed by atoms with Crippen LogP contribution in [0.4, 0.5) is 26.3 Å². The van der Waals surface area contributed by atoms with Crippen molar-refractivity contribution in [1.29, 1.82) is 0 Å². The van der Waals surface area contributed by atoms with E-state index >= 15 is 0 Å². The summed E-state index contributed by atoms with van der Waals surface area (Å²) >= 11 is -8.60. The molecule has 0 atom stereocenters. The Morgan fingerprint density at radius 3 is 0.529 bits per heavy atom. The van der Waals surface area contributed by atoms with Crippen molar-refractivity contribution >= 4 is 37.6 Å². The zero-order chi connectivity index (χ0) is 35.8. The predicted molar refractivity (Wildman–Crippen MR) is 193 cm³/mol. The van der Waals surface area contributed by atoms with Gasteiger partial charge in [0.25, 0.3) is 0 Å². The van der Waals surface area contributed by atoms with Gasteiger partial charge in [0, 0.05) is 0 Å². The third-order valence-corrected chi connectivity index (χ3v) is 46.1. The Bertz CT molecular complexity index is 1620. The second kappa shape index (κ2) is 16.9. The molecule has 0 spiro atoms. The van der Waals surface area contributed by atoms with Crippen LogP contribution < -0.4 is 0 Å². The third kappa shape index (κ3) is 10.7. The number of hydrogen-bond acceptors (Lipinski definition) is 1. The monoisotopic (exact) mass is 910 g/mol. The van der Waals surface area contributed by atoms with Crippen molar-refractivity contribution in [3.63, 3.8) is 0 Å². The molecule has 0 aliphatic carbocycles. The Morgan fingerprint density at radius 2 is 0.392 bits per heavy atom. The SMILES string of the molecule is Fc1ccc([CH2][Sn]([CH2]c2ccc(F)cc2)([CH2]c2ccc(F)cc2)[O][Sn]([CH2]c2ccc(F)cc2)([CH2]c2ccc(F)cc2)[CH2]c2ccc(F)cc2)cc1. The molecule has 0 unspecified atom stereocenters. The summed E-state index contributed by atoms with van der Waals surface area (Å²) in [7, 11) is 0. The van der Waals surface area contributed by atoms with Gasteiger partial charge in [0.15, 0.2) is 0 Å². The summed E-state index contributed by atoms with van der Waals surface area (Å²) in [6, 6.07) is 38.2. The molecular weight excluding hydrogens is 872 g/mol. The molecule has 6 aromatic carbocycles. The van der Waals surface area contributed by atoms with E-state index < -0.39 is 37.6 Å². The topological polar surface area (TPSA) is 9.23 Å². The Kier molecular flexibility index (Phi) is 12.3. The van der Waals surface area contributed by atoms with Crippen LogP contribution in [0.15, 0.2) is 146 Å². The average molecular weight is 908 g/mol. The van der Waals surface area contributed by atoms with Gasteiger partial charge in [0.2, 0.25) is 0 Å². The summed E-state index contributed by atoms with van der Waals surface area (Å²) in [4.78, 5) is 0. The number of hydrogen-bond donors (Lipinski definition) is 0. The molecule has 0 fully saturated rings.